The smallest absolute Gasteiger partial charge is 0.362 e. The molecule has 26 heavy (non-hydrogen) atoms. The molecule has 0 saturated heterocycles. The lowest BCUT2D eigenvalue weighted by molar-refractivity contribution is -0.297. The van der Waals surface area contributed by atoms with E-state index in [1.807, 2.05) is 0 Å². The number of carbonyl (C=O) groups excluding carboxylic acids is 1. The Kier molecular flexibility index (Phi) is 4.31. The molecular weight excluding hydrogens is 377 g/mol. The SMILES string of the molecule is Cc1nn(Cn2ccc(C(=O)N3N=CCC3(O)C(F)(F)F)n2)c(C)c1Cl. The molecule has 0 radical (unpaired) electrons. The third kappa shape index (κ3) is 2.86. The Morgan fingerprint density at radius 2 is 2.08 bits per heavy atom. The average molecular weight is 391 g/mol. The maximum Gasteiger partial charge on any atom is 0.438 e. The summed E-state index contributed by atoms with van der Waals surface area (Å²) >= 11 is 6.06. The van der Waals surface area contributed by atoms with Gasteiger partial charge in [0.1, 0.15) is 6.67 Å². The fourth-order valence-corrected chi connectivity index (χ4v) is 2.64. The minimum atomic E-state index is -5.05. The Labute approximate surface area is 150 Å². The normalized spacial score (nSPS) is 20.2. The van der Waals surface area contributed by atoms with Crippen molar-refractivity contribution in [3.8, 4) is 0 Å². The fourth-order valence-electron chi connectivity index (χ4n) is 2.50. The van der Waals surface area contributed by atoms with E-state index >= 15 is 0 Å². The lowest BCUT2D eigenvalue weighted by atomic mass is 10.1. The molecule has 1 atom stereocenters. The van der Waals surface area contributed by atoms with Gasteiger partial charge in [-0.15, -0.1) is 0 Å². The van der Waals surface area contributed by atoms with E-state index in [4.69, 9.17) is 11.6 Å². The number of amides is 1. The van der Waals surface area contributed by atoms with Gasteiger partial charge in [0.15, 0.2) is 5.69 Å². The highest BCUT2D eigenvalue weighted by molar-refractivity contribution is 6.31. The summed E-state index contributed by atoms with van der Waals surface area (Å²) in [5.74, 6) is -1.16. The first-order valence-electron chi connectivity index (χ1n) is 7.43. The molecule has 2 aromatic heterocycles. The van der Waals surface area contributed by atoms with Crippen LogP contribution in [0.15, 0.2) is 17.4 Å². The summed E-state index contributed by atoms with van der Waals surface area (Å²) in [5.41, 5.74) is -2.37. The van der Waals surface area contributed by atoms with Crippen molar-refractivity contribution >= 4 is 23.7 Å². The van der Waals surface area contributed by atoms with Gasteiger partial charge in [0.2, 0.25) is 0 Å². The van der Waals surface area contributed by atoms with Crippen LogP contribution in [0.25, 0.3) is 0 Å². The number of alkyl halides is 3. The number of rotatable bonds is 3. The summed E-state index contributed by atoms with van der Waals surface area (Å²) in [4.78, 5) is 12.3. The number of hydrogen-bond donors (Lipinski definition) is 1. The molecule has 0 aliphatic carbocycles. The molecule has 1 N–H and O–H groups in total. The maximum absolute atomic E-state index is 13.1. The molecule has 1 amide bonds. The predicted molar refractivity (Wildman–Crippen MR) is 84.6 cm³/mol. The molecule has 0 bridgehead atoms. The van der Waals surface area contributed by atoms with Gasteiger partial charge in [-0.05, 0) is 19.9 Å². The van der Waals surface area contributed by atoms with Crippen LogP contribution in [0, 0.1) is 13.8 Å². The molecule has 0 fully saturated rings. The third-order valence-corrected chi connectivity index (χ3v) is 4.55. The zero-order valence-corrected chi connectivity index (χ0v) is 14.5. The summed E-state index contributed by atoms with van der Waals surface area (Å²) < 4.78 is 42.1. The van der Waals surface area contributed by atoms with Gasteiger partial charge in [0.05, 0.1) is 16.4 Å². The largest absolute Gasteiger partial charge is 0.438 e. The highest BCUT2D eigenvalue weighted by atomic mass is 35.5. The number of aryl methyl sites for hydroxylation is 1. The Hall–Kier alpha value is -2.40. The van der Waals surface area contributed by atoms with Crippen LogP contribution in [0.3, 0.4) is 0 Å². The molecule has 8 nitrogen and oxygen atoms in total. The summed E-state index contributed by atoms with van der Waals surface area (Å²) in [7, 11) is 0. The van der Waals surface area contributed by atoms with Gasteiger partial charge in [0, 0.05) is 18.8 Å². The molecule has 140 valence electrons. The Balaban J connectivity index is 1.82. The van der Waals surface area contributed by atoms with Gasteiger partial charge in [-0.1, -0.05) is 11.6 Å². The monoisotopic (exact) mass is 390 g/mol. The van der Waals surface area contributed by atoms with Crippen LogP contribution in [0.1, 0.15) is 28.3 Å². The Morgan fingerprint density at radius 3 is 2.65 bits per heavy atom. The van der Waals surface area contributed by atoms with Crippen LogP contribution < -0.4 is 0 Å². The highest BCUT2D eigenvalue weighted by Gasteiger charge is 2.61. The van der Waals surface area contributed by atoms with Crippen molar-refractivity contribution in [1.82, 2.24) is 24.6 Å². The lowest BCUT2D eigenvalue weighted by Gasteiger charge is -2.32. The number of aromatic nitrogens is 4. The first-order chi connectivity index (χ1) is 12.0. The summed E-state index contributed by atoms with van der Waals surface area (Å²) in [6.45, 7) is 3.59. The standard InChI is InChI=1S/C14H14ClF3N6O2/c1-8-11(15)9(2)23(20-8)7-22-6-3-10(21-22)12(25)24-13(26,4-5-19-24)14(16,17)18/h3,5-6,26H,4,7H2,1-2H3. The molecule has 12 heteroatoms. The average Bonchev–Trinajstić information content (AvgIpc) is 3.23. The van der Waals surface area contributed by atoms with Crippen LogP contribution in [-0.4, -0.2) is 53.7 Å². The molecule has 3 rings (SSSR count). The first-order valence-corrected chi connectivity index (χ1v) is 7.81. The van der Waals surface area contributed by atoms with Gasteiger partial charge in [-0.2, -0.15) is 33.5 Å². The molecule has 1 unspecified atom stereocenters. The van der Waals surface area contributed by atoms with Gasteiger partial charge >= 0.3 is 6.18 Å². The second-order valence-electron chi connectivity index (χ2n) is 5.80. The summed E-state index contributed by atoms with van der Waals surface area (Å²) in [6, 6.07) is 1.24. The van der Waals surface area contributed by atoms with Crippen LogP contribution in [-0.2, 0) is 6.67 Å². The molecule has 0 spiro atoms. The van der Waals surface area contributed by atoms with Crippen LogP contribution in [0.5, 0.6) is 0 Å². The van der Waals surface area contributed by atoms with E-state index in [-0.39, 0.29) is 17.4 Å². The molecular formula is C14H14ClF3N6O2. The van der Waals surface area contributed by atoms with E-state index in [0.717, 1.165) is 6.21 Å². The topological polar surface area (TPSA) is 88.5 Å². The van der Waals surface area contributed by atoms with Crippen molar-refractivity contribution in [2.75, 3.05) is 0 Å². The Bertz CT molecular complexity index is 890. The predicted octanol–water partition coefficient (Wildman–Crippen LogP) is 1.94. The van der Waals surface area contributed by atoms with Crippen molar-refractivity contribution in [2.24, 2.45) is 5.10 Å². The number of hydrogen-bond acceptors (Lipinski definition) is 5. The zero-order chi connectivity index (χ0) is 19.3. The molecule has 2 aromatic rings. The highest BCUT2D eigenvalue weighted by Crippen LogP contribution is 2.39. The van der Waals surface area contributed by atoms with Gasteiger partial charge < -0.3 is 5.11 Å². The molecule has 3 heterocycles. The fraction of sp³-hybridized carbons (Fsp3) is 0.429. The minimum Gasteiger partial charge on any atom is -0.362 e. The number of nitrogens with zero attached hydrogens (tertiary/aromatic N) is 6. The maximum atomic E-state index is 13.1. The lowest BCUT2D eigenvalue weighted by Crippen LogP contribution is -2.56. The quantitative estimate of drug-likeness (QED) is 0.867. The van der Waals surface area contributed by atoms with E-state index in [0.29, 0.717) is 16.4 Å². The summed E-state index contributed by atoms with van der Waals surface area (Å²) in [5, 5.41) is 21.8. The van der Waals surface area contributed by atoms with Crippen molar-refractivity contribution in [3.05, 3.63) is 34.4 Å². The zero-order valence-electron chi connectivity index (χ0n) is 13.7. The Morgan fingerprint density at radius 1 is 1.38 bits per heavy atom. The van der Waals surface area contributed by atoms with Gasteiger partial charge in [0.25, 0.3) is 11.6 Å². The molecule has 0 saturated carbocycles. The van der Waals surface area contributed by atoms with E-state index in [1.165, 1.54) is 16.9 Å². The van der Waals surface area contributed by atoms with Crippen LogP contribution in [0.4, 0.5) is 13.2 Å². The summed E-state index contributed by atoms with van der Waals surface area (Å²) in [6.07, 6.45) is -3.65. The van der Waals surface area contributed by atoms with E-state index in [9.17, 15) is 23.1 Å². The second-order valence-corrected chi connectivity index (χ2v) is 6.18. The van der Waals surface area contributed by atoms with Gasteiger partial charge in [-0.3, -0.25) is 9.48 Å². The number of halogens is 4. The first kappa shape index (κ1) is 18.4. The number of hydrazone groups is 1. The second kappa shape index (κ2) is 6.09. The van der Waals surface area contributed by atoms with Crippen LogP contribution in [0.2, 0.25) is 5.02 Å². The number of aliphatic hydroxyl groups is 1. The van der Waals surface area contributed by atoms with Crippen molar-refractivity contribution in [1.29, 1.82) is 0 Å². The minimum absolute atomic E-state index is 0.000149. The van der Waals surface area contributed by atoms with E-state index < -0.39 is 24.2 Å². The molecule has 0 aromatic carbocycles. The van der Waals surface area contributed by atoms with E-state index in [1.54, 1.807) is 18.5 Å². The van der Waals surface area contributed by atoms with Crippen LogP contribution >= 0.6 is 11.6 Å². The number of carbonyl (C=O) groups is 1. The van der Waals surface area contributed by atoms with Crippen molar-refractivity contribution < 1.29 is 23.1 Å². The molecule has 1 aliphatic heterocycles. The van der Waals surface area contributed by atoms with Crippen molar-refractivity contribution in [2.45, 2.75) is 38.8 Å². The van der Waals surface area contributed by atoms with Gasteiger partial charge in [-0.25, -0.2) is 4.68 Å². The van der Waals surface area contributed by atoms with E-state index in [2.05, 4.69) is 15.3 Å². The third-order valence-electron chi connectivity index (χ3n) is 4.00. The molecule has 1 aliphatic rings. The van der Waals surface area contributed by atoms with Crippen molar-refractivity contribution in [3.63, 3.8) is 0 Å².